The molecular formula is C22H24N2O4. The molecule has 0 unspecified atom stereocenters. The summed E-state index contributed by atoms with van der Waals surface area (Å²) in [6.07, 6.45) is 4.04. The molecule has 6 heteroatoms. The number of ether oxygens (including phenoxy) is 2. The van der Waals surface area contributed by atoms with Gasteiger partial charge in [0.2, 0.25) is 0 Å². The quantitative estimate of drug-likeness (QED) is 0.769. The third-order valence-electron chi connectivity index (χ3n) is 5.27. The molecule has 0 saturated heterocycles. The van der Waals surface area contributed by atoms with Crippen LogP contribution in [0.15, 0.2) is 48.5 Å². The van der Waals surface area contributed by atoms with Crippen molar-refractivity contribution in [2.75, 3.05) is 5.32 Å². The third kappa shape index (κ3) is 4.34. The summed E-state index contributed by atoms with van der Waals surface area (Å²) >= 11 is 0. The van der Waals surface area contributed by atoms with Gasteiger partial charge in [-0.15, -0.1) is 0 Å². The largest absolute Gasteiger partial charge is 0.457 e. The van der Waals surface area contributed by atoms with E-state index < -0.39 is 0 Å². The van der Waals surface area contributed by atoms with E-state index in [0.29, 0.717) is 17.9 Å². The fourth-order valence-electron chi connectivity index (χ4n) is 3.79. The Morgan fingerprint density at radius 2 is 1.93 bits per heavy atom. The van der Waals surface area contributed by atoms with Gasteiger partial charge in [-0.3, -0.25) is 0 Å². The van der Waals surface area contributed by atoms with Crippen LogP contribution in [-0.2, 0) is 22.7 Å². The third-order valence-corrected chi connectivity index (χ3v) is 5.27. The molecule has 2 aromatic rings. The van der Waals surface area contributed by atoms with Gasteiger partial charge in [0.1, 0.15) is 6.61 Å². The summed E-state index contributed by atoms with van der Waals surface area (Å²) in [5.41, 5.74) is 3.13. The zero-order valence-corrected chi connectivity index (χ0v) is 15.6. The van der Waals surface area contributed by atoms with Crippen molar-refractivity contribution < 1.29 is 19.1 Å². The molecule has 2 aromatic carbocycles. The highest BCUT2D eigenvalue weighted by atomic mass is 16.5. The van der Waals surface area contributed by atoms with Crippen LogP contribution in [0.1, 0.15) is 47.2 Å². The average molecular weight is 380 g/mol. The van der Waals surface area contributed by atoms with Crippen LogP contribution in [0.3, 0.4) is 0 Å². The fraction of sp³-hybridized carbons (Fsp3) is 0.364. The number of carbonyl (C=O) groups excluding carboxylic acids is 2. The minimum Gasteiger partial charge on any atom is -0.457 e. The Morgan fingerprint density at radius 3 is 2.79 bits per heavy atom. The summed E-state index contributed by atoms with van der Waals surface area (Å²) in [7, 11) is 0. The number of rotatable bonds is 5. The Kier molecular flexibility index (Phi) is 5.58. The lowest BCUT2D eigenvalue weighted by Crippen LogP contribution is -2.47. The maximum absolute atomic E-state index is 12.5. The molecule has 0 spiro atoms. The number of benzene rings is 2. The molecule has 1 saturated carbocycles. The SMILES string of the molecule is O=C(Nc1ccc2c(c1)COC2=O)N[C@@H]1CCCC[C@H]1OCc1ccccc1. The monoisotopic (exact) mass is 380 g/mol. The van der Waals surface area contributed by atoms with Crippen molar-refractivity contribution >= 4 is 17.7 Å². The molecular weight excluding hydrogens is 356 g/mol. The first kappa shape index (κ1) is 18.5. The number of anilines is 1. The molecule has 2 N–H and O–H groups in total. The predicted octanol–water partition coefficient (Wildman–Crippen LogP) is 4.01. The fourth-order valence-corrected chi connectivity index (χ4v) is 3.79. The Morgan fingerprint density at radius 1 is 1.11 bits per heavy atom. The molecule has 28 heavy (non-hydrogen) atoms. The highest BCUT2D eigenvalue weighted by molar-refractivity contribution is 5.95. The first-order chi connectivity index (χ1) is 13.7. The van der Waals surface area contributed by atoms with Crippen molar-refractivity contribution in [1.82, 2.24) is 5.32 Å². The molecule has 1 aliphatic carbocycles. The van der Waals surface area contributed by atoms with Gasteiger partial charge >= 0.3 is 12.0 Å². The lowest BCUT2D eigenvalue weighted by atomic mass is 9.92. The van der Waals surface area contributed by atoms with Crippen LogP contribution in [0.2, 0.25) is 0 Å². The second-order valence-electron chi connectivity index (χ2n) is 7.27. The van der Waals surface area contributed by atoms with Crippen molar-refractivity contribution in [3.63, 3.8) is 0 Å². The zero-order valence-electron chi connectivity index (χ0n) is 15.6. The first-order valence-electron chi connectivity index (χ1n) is 9.72. The number of urea groups is 1. The molecule has 4 rings (SSSR count). The maximum atomic E-state index is 12.5. The molecule has 0 aromatic heterocycles. The number of hydrogen-bond acceptors (Lipinski definition) is 4. The Labute approximate surface area is 164 Å². The number of hydrogen-bond donors (Lipinski definition) is 2. The van der Waals surface area contributed by atoms with Crippen LogP contribution in [-0.4, -0.2) is 24.1 Å². The number of fused-ring (bicyclic) bond motifs is 1. The van der Waals surface area contributed by atoms with Crippen LogP contribution in [0.4, 0.5) is 10.5 Å². The van der Waals surface area contributed by atoms with Crippen LogP contribution < -0.4 is 10.6 Å². The molecule has 1 aliphatic heterocycles. The van der Waals surface area contributed by atoms with Crippen molar-refractivity contribution in [3.8, 4) is 0 Å². The predicted molar refractivity (Wildman–Crippen MR) is 105 cm³/mol. The molecule has 0 bridgehead atoms. The summed E-state index contributed by atoms with van der Waals surface area (Å²) in [6.45, 7) is 0.799. The maximum Gasteiger partial charge on any atom is 0.338 e. The van der Waals surface area contributed by atoms with E-state index >= 15 is 0 Å². The molecule has 1 fully saturated rings. The van der Waals surface area contributed by atoms with Crippen molar-refractivity contribution in [2.24, 2.45) is 0 Å². The highest BCUT2D eigenvalue weighted by Crippen LogP contribution is 2.24. The number of carbonyl (C=O) groups is 2. The van der Waals surface area contributed by atoms with Crippen molar-refractivity contribution in [1.29, 1.82) is 0 Å². The highest BCUT2D eigenvalue weighted by Gasteiger charge is 2.27. The molecule has 2 atom stereocenters. The van der Waals surface area contributed by atoms with Crippen molar-refractivity contribution in [3.05, 3.63) is 65.2 Å². The molecule has 146 valence electrons. The lowest BCUT2D eigenvalue weighted by Gasteiger charge is -2.32. The van der Waals surface area contributed by atoms with E-state index in [0.717, 1.165) is 36.8 Å². The van der Waals surface area contributed by atoms with E-state index in [4.69, 9.17) is 9.47 Å². The summed E-state index contributed by atoms with van der Waals surface area (Å²) in [5, 5.41) is 5.91. The smallest absolute Gasteiger partial charge is 0.338 e. The number of cyclic esters (lactones) is 1. The minimum atomic E-state index is -0.313. The van der Waals surface area contributed by atoms with Gasteiger partial charge in [-0.05, 0) is 36.6 Å². The van der Waals surface area contributed by atoms with Gasteiger partial charge in [-0.1, -0.05) is 43.2 Å². The van der Waals surface area contributed by atoms with Gasteiger partial charge in [0, 0.05) is 11.3 Å². The van der Waals surface area contributed by atoms with E-state index in [-0.39, 0.29) is 30.8 Å². The number of nitrogens with one attached hydrogen (secondary N) is 2. The normalized spacial score (nSPS) is 20.9. The molecule has 2 aliphatic rings. The molecule has 6 nitrogen and oxygen atoms in total. The van der Waals surface area contributed by atoms with Crippen LogP contribution in [0.5, 0.6) is 0 Å². The van der Waals surface area contributed by atoms with E-state index in [1.54, 1.807) is 18.2 Å². The van der Waals surface area contributed by atoms with Crippen LogP contribution >= 0.6 is 0 Å². The van der Waals surface area contributed by atoms with Gasteiger partial charge in [0.05, 0.1) is 24.3 Å². The van der Waals surface area contributed by atoms with E-state index in [1.807, 2.05) is 30.3 Å². The average Bonchev–Trinajstić information content (AvgIpc) is 3.08. The summed E-state index contributed by atoms with van der Waals surface area (Å²) < 4.78 is 11.1. The Balaban J connectivity index is 1.33. The van der Waals surface area contributed by atoms with E-state index in [9.17, 15) is 9.59 Å². The Bertz CT molecular complexity index is 853. The van der Waals surface area contributed by atoms with Crippen molar-refractivity contribution in [2.45, 2.75) is 51.0 Å². The molecule has 1 heterocycles. The topological polar surface area (TPSA) is 76.7 Å². The summed E-state index contributed by atoms with van der Waals surface area (Å²) in [6, 6.07) is 15.0. The van der Waals surface area contributed by atoms with Gasteiger partial charge in [0.25, 0.3) is 0 Å². The first-order valence-corrected chi connectivity index (χ1v) is 9.72. The Hall–Kier alpha value is -2.86. The van der Waals surface area contributed by atoms with Gasteiger partial charge in [-0.2, -0.15) is 0 Å². The summed E-state index contributed by atoms with van der Waals surface area (Å²) in [4.78, 5) is 24.0. The van der Waals surface area contributed by atoms with E-state index in [1.165, 1.54) is 0 Å². The summed E-state index contributed by atoms with van der Waals surface area (Å²) in [5.74, 6) is -0.313. The second-order valence-corrected chi connectivity index (χ2v) is 7.27. The molecule has 0 radical (unpaired) electrons. The van der Waals surface area contributed by atoms with Gasteiger partial charge in [-0.25, -0.2) is 9.59 Å². The standard InChI is InChI=1S/C22H24N2O4/c25-21-18-11-10-17(12-16(18)14-28-21)23-22(26)24-19-8-4-5-9-20(19)27-13-15-6-2-1-3-7-15/h1-3,6-7,10-12,19-20H,4-5,8-9,13-14H2,(H2,23,24,26)/t19-,20-/m1/s1. The number of esters is 1. The van der Waals surface area contributed by atoms with Crippen LogP contribution in [0.25, 0.3) is 0 Å². The minimum absolute atomic E-state index is 0.00532. The van der Waals surface area contributed by atoms with Crippen LogP contribution in [0, 0.1) is 0 Å². The van der Waals surface area contributed by atoms with Gasteiger partial charge < -0.3 is 20.1 Å². The molecule has 2 amide bonds. The number of amides is 2. The lowest BCUT2D eigenvalue weighted by molar-refractivity contribution is -0.00224. The second kappa shape index (κ2) is 8.44. The van der Waals surface area contributed by atoms with Gasteiger partial charge in [0.15, 0.2) is 0 Å². The van der Waals surface area contributed by atoms with E-state index in [2.05, 4.69) is 10.6 Å². The zero-order chi connectivity index (χ0) is 19.3.